The Hall–Kier alpha value is -3.81. The number of carboxylic acids is 1. The predicted molar refractivity (Wildman–Crippen MR) is 129 cm³/mol. The SMILES string of the molecule is O=C(CN1CCOCC1)Nc1cc(C(=O)Cc2ccc(-c3ccccc3)cc2)ccc1C(=O)O. The Morgan fingerprint density at radius 1 is 0.882 bits per heavy atom. The number of ketones is 1. The van der Waals surface area contributed by atoms with Gasteiger partial charge >= 0.3 is 5.97 Å². The van der Waals surface area contributed by atoms with E-state index < -0.39 is 5.97 Å². The van der Waals surface area contributed by atoms with E-state index in [1.165, 1.54) is 18.2 Å². The lowest BCUT2D eigenvalue weighted by atomic mass is 9.98. The Bertz CT molecular complexity index is 1170. The monoisotopic (exact) mass is 458 g/mol. The summed E-state index contributed by atoms with van der Waals surface area (Å²) in [5.74, 6) is -1.66. The second kappa shape index (κ2) is 10.9. The Balaban J connectivity index is 1.46. The molecule has 0 radical (unpaired) electrons. The van der Waals surface area contributed by atoms with Crippen molar-refractivity contribution in [3.8, 4) is 11.1 Å². The molecule has 7 nitrogen and oxygen atoms in total. The van der Waals surface area contributed by atoms with Crippen molar-refractivity contribution in [2.45, 2.75) is 6.42 Å². The molecule has 1 heterocycles. The third kappa shape index (κ3) is 5.95. The fourth-order valence-electron chi connectivity index (χ4n) is 3.89. The lowest BCUT2D eigenvalue weighted by Crippen LogP contribution is -2.41. The number of amides is 1. The van der Waals surface area contributed by atoms with Crippen molar-refractivity contribution in [1.82, 2.24) is 4.90 Å². The van der Waals surface area contributed by atoms with E-state index in [4.69, 9.17) is 4.74 Å². The molecule has 0 spiro atoms. The Labute approximate surface area is 198 Å². The van der Waals surface area contributed by atoms with Crippen molar-refractivity contribution >= 4 is 23.3 Å². The molecule has 7 heteroatoms. The van der Waals surface area contributed by atoms with E-state index in [1.807, 2.05) is 59.5 Å². The lowest BCUT2D eigenvalue weighted by Gasteiger charge is -2.25. The van der Waals surface area contributed by atoms with E-state index >= 15 is 0 Å². The quantitative estimate of drug-likeness (QED) is 0.499. The highest BCUT2D eigenvalue weighted by atomic mass is 16.5. The number of carbonyl (C=O) groups is 3. The molecule has 0 aromatic heterocycles. The van der Waals surface area contributed by atoms with Gasteiger partial charge in [0, 0.05) is 25.1 Å². The third-order valence-corrected chi connectivity index (χ3v) is 5.74. The summed E-state index contributed by atoms with van der Waals surface area (Å²) in [6, 6.07) is 22.0. The van der Waals surface area contributed by atoms with Crippen molar-refractivity contribution in [2.24, 2.45) is 0 Å². The van der Waals surface area contributed by atoms with Crippen LogP contribution in [-0.2, 0) is 16.0 Å². The number of benzene rings is 3. The number of carbonyl (C=O) groups excluding carboxylic acids is 2. The predicted octanol–water partition coefficient (Wildman–Crippen LogP) is 3.75. The number of aromatic carboxylic acids is 1. The summed E-state index contributed by atoms with van der Waals surface area (Å²) < 4.78 is 5.28. The van der Waals surface area contributed by atoms with Crippen LogP contribution in [0.1, 0.15) is 26.3 Å². The van der Waals surface area contributed by atoms with Crippen LogP contribution in [0.2, 0.25) is 0 Å². The maximum Gasteiger partial charge on any atom is 0.337 e. The zero-order valence-corrected chi connectivity index (χ0v) is 18.7. The molecule has 0 unspecified atom stereocenters. The van der Waals surface area contributed by atoms with Gasteiger partial charge in [-0.15, -0.1) is 0 Å². The number of hydrogen-bond donors (Lipinski definition) is 2. The van der Waals surface area contributed by atoms with E-state index in [9.17, 15) is 19.5 Å². The molecule has 174 valence electrons. The maximum absolute atomic E-state index is 12.9. The lowest BCUT2D eigenvalue weighted by molar-refractivity contribution is -0.118. The number of hydrogen-bond acceptors (Lipinski definition) is 5. The summed E-state index contributed by atoms with van der Waals surface area (Å²) in [6.45, 7) is 2.53. The molecule has 3 aromatic rings. The van der Waals surface area contributed by atoms with Crippen LogP contribution in [0.25, 0.3) is 11.1 Å². The minimum Gasteiger partial charge on any atom is -0.478 e. The van der Waals surface area contributed by atoms with Gasteiger partial charge in [0.1, 0.15) is 0 Å². The van der Waals surface area contributed by atoms with Gasteiger partial charge in [-0.05, 0) is 28.8 Å². The van der Waals surface area contributed by atoms with Gasteiger partial charge < -0.3 is 15.2 Å². The summed E-state index contributed by atoms with van der Waals surface area (Å²) in [5.41, 5.74) is 3.42. The fraction of sp³-hybridized carbons (Fsp3) is 0.222. The van der Waals surface area contributed by atoms with E-state index in [0.29, 0.717) is 31.9 Å². The topological polar surface area (TPSA) is 95.9 Å². The molecule has 0 saturated carbocycles. The first-order valence-electron chi connectivity index (χ1n) is 11.1. The molecule has 2 N–H and O–H groups in total. The minimum atomic E-state index is -1.17. The van der Waals surface area contributed by atoms with Crippen molar-refractivity contribution in [3.05, 3.63) is 89.5 Å². The number of nitrogens with zero attached hydrogens (tertiary/aromatic N) is 1. The van der Waals surface area contributed by atoms with Crippen LogP contribution in [0, 0.1) is 0 Å². The molecular formula is C27H26N2O5. The molecule has 1 fully saturated rings. The van der Waals surface area contributed by atoms with Crippen LogP contribution in [0.15, 0.2) is 72.8 Å². The first-order valence-corrected chi connectivity index (χ1v) is 11.1. The number of carboxylic acid groups (broad SMARTS) is 1. The average molecular weight is 459 g/mol. The van der Waals surface area contributed by atoms with Gasteiger partial charge in [0.15, 0.2) is 5.78 Å². The molecule has 1 aliphatic heterocycles. The average Bonchev–Trinajstić information content (AvgIpc) is 2.85. The van der Waals surface area contributed by atoms with Gasteiger partial charge in [-0.25, -0.2) is 4.79 Å². The number of anilines is 1. The number of ether oxygens (including phenoxy) is 1. The summed E-state index contributed by atoms with van der Waals surface area (Å²) in [5, 5.41) is 12.2. The molecule has 3 aromatic carbocycles. The second-order valence-electron chi connectivity index (χ2n) is 8.17. The van der Waals surface area contributed by atoms with Crippen LogP contribution >= 0.6 is 0 Å². The number of nitrogens with one attached hydrogen (secondary N) is 1. The molecule has 1 aliphatic rings. The van der Waals surface area contributed by atoms with Crippen LogP contribution in [0.5, 0.6) is 0 Å². The molecule has 0 bridgehead atoms. The van der Waals surface area contributed by atoms with E-state index in [-0.39, 0.29) is 35.9 Å². The van der Waals surface area contributed by atoms with Crippen molar-refractivity contribution in [3.63, 3.8) is 0 Å². The number of morpholine rings is 1. The van der Waals surface area contributed by atoms with Gasteiger partial charge in [0.05, 0.1) is 31.0 Å². The van der Waals surface area contributed by atoms with Crippen LogP contribution in [0.3, 0.4) is 0 Å². The molecule has 34 heavy (non-hydrogen) atoms. The normalized spacial score (nSPS) is 13.9. The molecule has 4 rings (SSSR count). The number of rotatable bonds is 8. The summed E-state index contributed by atoms with van der Waals surface area (Å²) in [4.78, 5) is 39.0. The summed E-state index contributed by atoms with van der Waals surface area (Å²) in [7, 11) is 0. The van der Waals surface area contributed by atoms with Gasteiger partial charge in [-0.2, -0.15) is 0 Å². The summed E-state index contributed by atoms with van der Waals surface area (Å²) in [6.07, 6.45) is 0.169. The van der Waals surface area contributed by atoms with E-state index in [1.54, 1.807) is 0 Å². The molecule has 0 atom stereocenters. The Morgan fingerprint density at radius 3 is 2.24 bits per heavy atom. The van der Waals surface area contributed by atoms with Crippen LogP contribution in [-0.4, -0.2) is 60.5 Å². The van der Waals surface area contributed by atoms with Crippen LogP contribution < -0.4 is 5.32 Å². The van der Waals surface area contributed by atoms with Gasteiger partial charge in [-0.1, -0.05) is 60.7 Å². The molecule has 1 amide bonds. The van der Waals surface area contributed by atoms with Gasteiger partial charge in [-0.3, -0.25) is 14.5 Å². The third-order valence-electron chi connectivity index (χ3n) is 5.74. The van der Waals surface area contributed by atoms with Crippen molar-refractivity contribution < 1.29 is 24.2 Å². The van der Waals surface area contributed by atoms with Crippen molar-refractivity contribution in [2.75, 3.05) is 38.2 Å². The standard InChI is InChI=1S/C27H26N2O5/c30-25(16-19-6-8-21(9-7-19)20-4-2-1-3-5-20)22-10-11-23(27(32)33)24(17-22)28-26(31)18-29-12-14-34-15-13-29/h1-11,17H,12-16,18H2,(H,28,31)(H,32,33). The van der Waals surface area contributed by atoms with E-state index in [0.717, 1.165) is 16.7 Å². The number of Topliss-reactive ketones (excluding diaryl/α,β-unsaturated/α-hetero) is 1. The highest BCUT2D eigenvalue weighted by Crippen LogP contribution is 2.22. The summed E-state index contributed by atoms with van der Waals surface area (Å²) >= 11 is 0. The van der Waals surface area contributed by atoms with Gasteiger partial charge in [0.25, 0.3) is 0 Å². The first-order chi connectivity index (χ1) is 16.5. The Kier molecular flexibility index (Phi) is 7.47. The van der Waals surface area contributed by atoms with Crippen molar-refractivity contribution in [1.29, 1.82) is 0 Å². The molecule has 0 aliphatic carbocycles. The zero-order chi connectivity index (χ0) is 23.9. The smallest absolute Gasteiger partial charge is 0.337 e. The fourth-order valence-corrected chi connectivity index (χ4v) is 3.89. The van der Waals surface area contributed by atoms with Crippen LogP contribution in [0.4, 0.5) is 5.69 Å². The Morgan fingerprint density at radius 2 is 1.56 bits per heavy atom. The second-order valence-corrected chi connectivity index (χ2v) is 8.17. The first kappa shape index (κ1) is 23.4. The molecular weight excluding hydrogens is 432 g/mol. The highest BCUT2D eigenvalue weighted by Gasteiger charge is 2.19. The van der Waals surface area contributed by atoms with E-state index in [2.05, 4.69) is 5.32 Å². The largest absolute Gasteiger partial charge is 0.478 e. The highest BCUT2D eigenvalue weighted by molar-refractivity contribution is 6.05. The maximum atomic E-state index is 12.9. The molecule has 1 saturated heterocycles. The minimum absolute atomic E-state index is 0.0564. The van der Waals surface area contributed by atoms with Gasteiger partial charge in [0.2, 0.25) is 5.91 Å². The zero-order valence-electron chi connectivity index (χ0n) is 18.7.